The largest absolute Gasteiger partial charge is 0.310 e. The third-order valence-corrected chi connectivity index (χ3v) is 4.01. The van der Waals surface area contributed by atoms with Gasteiger partial charge in [-0.15, -0.1) is 0 Å². The summed E-state index contributed by atoms with van der Waals surface area (Å²) in [6.07, 6.45) is 4.72. The molecule has 0 aromatic heterocycles. The minimum Gasteiger partial charge on any atom is -0.310 e. The van der Waals surface area contributed by atoms with Crippen molar-refractivity contribution in [2.45, 2.75) is 45.2 Å². The molecule has 0 spiro atoms. The number of hydrogen-bond donors (Lipinski definition) is 1. The van der Waals surface area contributed by atoms with Gasteiger partial charge in [-0.3, -0.25) is 0 Å². The SMILES string of the molecule is CCCc1ccc(-c2ccc(CNC3CC3)cc2F)cc1. The molecule has 2 aromatic carbocycles. The molecule has 110 valence electrons. The van der Waals surface area contributed by atoms with Crippen LogP contribution in [0, 0.1) is 5.82 Å². The minimum atomic E-state index is -0.131. The van der Waals surface area contributed by atoms with Crippen molar-refractivity contribution < 1.29 is 4.39 Å². The molecule has 0 atom stereocenters. The first kappa shape index (κ1) is 14.3. The van der Waals surface area contributed by atoms with E-state index in [1.165, 1.54) is 18.4 Å². The predicted octanol–water partition coefficient (Wildman–Crippen LogP) is 4.70. The number of aryl methyl sites for hydroxylation is 1. The van der Waals surface area contributed by atoms with E-state index >= 15 is 0 Å². The quantitative estimate of drug-likeness (QED) is 0.810. The molecule has 0 amide bonds. The van der Waals surface area contributed by atoms with Gasteiger partial charge < -0.3 is 5.32 Å². The van der Waals surface area contributed by atoms with Gasteiger partial charge in [0.15, 0.2) is 0 Å². The first-order valence-corrected chi connectivity index (χ1v) is 7.87. The van der Waals surface area contributed by atoms with Crippen molar-refractivity contribution in [1.82, 2.24) is 5.32 Å². The van der Waals surface area contributed by atoms with Crippen molar-refractivity contribution in [2.75, 3.05) is 0 Å². The second kappa shape index (κ2) is 6.40. The van der Waals surface area contributed by atoms with E-state index in [0.29, 0.717) is 11.6 Å². The molecule has 3 rings (SSSR count). The molecule has 1 aliphatic rings. The van der Waals surface area contributed by atoms with E-state index in [0.717, 1.165) is 30.5 Å². The van der Waals surface area contributed by atoms with Crippen LogP contribution in [0.2, 0.25) is 0 Å². The molecule has 2 aromatic rings. The van der Waals surface area contributed by atoms with Gasteiger partial charge >= 0.3 is 0 Å². The normalized spacial score (nSPS) is 14.4. The fraction of sp³-hybridized carbons (Fsp3) is 0.368. The second-order valence-corrected chi connectivity index (χ2v) is 5.92. The lowest BCUT2D eigenvalue weighted by atomic mass is 10.0. The Morgan fingerprint density at radius 3 is 2.38 bits per heavy atom. The van der Waals surface area contributed by atoms with Crippen LogP contribution in [0.4, 0.5) is 4.39 Å². The van der Waals surface area contributed by atoms with E-state index in [9.17, 15) is 4.39 Å². The van der Waals surface area contributed by atoms with Crippen molar-refractivity contribution in [1.29, 1.82) is 0 Å². The van der Waals surface area contributed by atoms with Crippen molar-refractivity contribution in [3.8, 4) is 11.1 Å². The van der Waals surface area contributed by atoms with Gasteiger partial charge in [0.2, 0.25) is 0 Å². The molecule has 1 nitrogen and oxygen atoms in total. The first-order valence-electron chi connectivity index (χ1n) is 7.87. The van der Waals surface area contributed by atoms with Crippen molar-refractivity contribution in [2.24, 2.45) is 0 Å². The summed E-state index contributed by atoms with van der Waals surface area (Å²) in [4.78, 5) is 0. The lowest BCUT2D eigenvalue weighted by Gasteiger charge is -2.08. The molecule has 1 N–H and O–H groups in total. The fourth-order valence-corrected chi connectivity index (χ4v) is 2.59. The van der Waals surface area contributed by atoms with Gasteiger partial charge in [0.1, 0.15) is 5.82 Å². The average molecular weight is 283 g/mol. The number of rotatable bonds is 6. The smallest absolute Gasteiger partial charge is 0.131 e. The highest BCUT2D eigenvalue weighted by atomic mass is 19.1. The highest BCUT2D eigenvalue weighted by molar-refractivity contribution is 5.64. The van der Waals surface area contributed by atoms with E-state index in [2.05, 4.69) is 24.4 Å². The van der Waals surface area contributed by atoms with E-state index in [1.807, 2.05) is 24.3 Å². The highest BCUT2D eigenvalue weighted by Gasteiger charge is 2.20. The van der Waals surface area contributed by atoms with Crippen molar-refractivity contribution in [3.63, 3.8) is 0 Å². The van der Waals surface area contributed by atoms with E-state index < -0.39 is 0 Å². The average Bonchev–Trinajstić information content (AvgIpc) is 3.31. The molecule has 0 aliphatic heterocycles. The molecule has 0 heterocycles. The van der Waals surface area contributed by atoms with E-state index in [1.54, 1.807) is 6.07 Å². The molecule has 0 unspecified atom stereocenters. The van der Waals surface area contributed by atoms with Crippen LogP contribution in [0.25, 0.3) is 11.1 Å². The molecule has 0 saturated heterocycles. The zero-order valence-electron chi connectivity index (χ0n) is 12.5. The summed E-state index contributed by atoms with van der Waals surface area (Å²) >= 11 is 0. The van der Waals surface area contributed by atoms with Crippen LogP contribution < -0.4 is 5.32 Å². The predicted molar refractivity (Wildman–Crippen MR) is 85.7 cm³/mol. The number of benzene rings is 2. The molecular formula is C19H22FN. The Bertz CT molecular complexity index is 599. The zero-order chi connectivity index (χ0) is 14.7. The molecule has 0 bridgehead atoms. The Morgan fingerprint density at radius 2 is 1.76 bits per heavy atom. The van der Waals surface area contributed by atoms with Crippen molar-refractivity contribution >= 4 is 0 Å². The topological polar surface area (TPSA) is 12.0 Å². The Kier molecular flexibility index (Phi) is 4.35. The Morgan fingerprint density at radius 1 is 1.05 bits per heavy atom. The summed E-state index contributed by atoms with van der Waals surface area (Å²) in [6.45, 7) is 2.93. The first-order chi connectivity index (χ1) is 10.3. The minimum absolute atomic E-state index is 0.131. The summed E-state index contributed by atoms with van der Waals surface area (Å²) in [6, 6.07) is 14.5. The zero-order valence-corrected chi connectivity index (χ0v) is 12.5. The number of hydrogen-bond acceptors (Lipinski definition) is 1. The number of nitrogens with one attached hydrogen (secondary N) is 1. The maximum atomic E-state index is 14.3. The molecule has 1 fully saturated rings. The lowest BCUT2D eigenvalue weighted by Crippen LogP contribution is -2.15. The Balaban J connectivity index is 1.74. The summed E-state index contributed by atoms with van der Waals surface area (Å²) in [5, 5.41) is 3.41. The van der Waals surface area contributed by atoms with Crippen LogP contribution in [0.3, 0.4) is 0 Å². The van der Waals surface area contributed by atoms with Gasteiger partial charge in [0.25, 0.3) is 0 Å². The summed E-state index contributed by atoms with van der Waals surface area (Å²) < 4.78 is 14.3. The highest BCUT2D eigenvalue weighted by Crippen LogP contribution is 2.25. The maximum absolute atomic E-state index is 14.3. The van der Waals surface area contributed by atoms with Crippen LogP contribution >= 0.6 is 0 Å². The van der Waals surface area contributed by atoms with Gasteiger partial charge in [0.05, 0.1) is 0 Å². The van der Waals surface area contributed by atoms with Gasteiger partial charge in [0, 0.05) is 18.2 Å². The summed E-state index contributed by atoms with van der Waals surface area (Å²) in [5.41, 5.74) is 3.97. The van der Waals surface area contributed by atoms with Crippen LogP contribution in [0.15, 0.2) is 42.5 Å². The molecular weight excluding hydrogens is 261 g/mol. The Labute approximate surface area is 126 Å². The van der Waals surface area contributed by atoms with E-state index in [-0.39, 0.29) is 5.82 Å². The second-order valence-electron chi connectivity index (χ2n) is 5.92. The summed E-state index contributed by atoms with van der Waals surface area (Å²) in [5.74, 6) is -0.131. The van der Waals surface area contributed by atoms with Crippen LogP contribution in [-0.4, -0.2) is 6.04 Å². The molecule has 1 aliphatic carbocycles. The third-order valence-electron chi connectivity index (χ3n) is 4.01. The van der Waals surface area contributed by atoms with Gasteiger partial charge in [-0.2, -0.15) is 0 Å². The summed E-state index contributed by atoms with van der Waals surface area (Å²) in [7, 11) is 0. The molecule has 2 heteroatoms. The number of halogens is 1. The van der Waals surface area contributed by atoms with Crippen LogP contribution in [0.1, 0.15) is 37.3 Å². The van der Waals surface area contributed by atoms with Crippen LogP contribution in [0.5, 0.6) is 0 Å². The van der Waals surface area contributed by atoms with Gasteiger partial charge in [-0.05, 0) is 42.0 Å². The standard InChI is InChI=1S/C19H22FN/c1-2-3-14-4-7-16(8-5-14)18-11-6-15(12-19(18)20)13-21-17-9-10-17/h4-8,11-12,17,21H,2-3,9-10,13H2,1H3. The van der Waals surface area contributed by atoms with Crippen molar-refractivity contribution in [3.05, 3.63) is 59.4 Å². The van der Waals surface area contributed by atoms with Crippen LogP contribution in [-0.2, 0) is 13.0 Å². The molecule has 0 radical (unpaired) electrons. The molecule has 1 saturated carbocycles. The fourth-order valence-electron chi connectivity index (χ4n) is 2.59. The molecule has 21 heavy (non-hydrogen) atoms. The van der Waals surface area contributed by atoms with Gasteiger partial charge in [-0.1, -0.05) is 49.7 Å². The Hall–Kier alpha value is -1.67. The van der Waals surface area contributed by atoms with E-state index in [4.69, 9.17) is 0 Å². The maximum Gasteiger partial charge on any atom is 0.131 e. The monoisotopic (exact) mass is 283 g/mol. The third kappa shape index (κ3) is 3.70. The lowest BCUT2D eigenvalue weighted by molar-refractivity contribution is 0.623. The van der Waals surface area contributed by atoms with Gasteiger partial charge in [-0.25, -0.2) is 4.39 Å².